The summed E-state index contributed by atoms with van der Waals surface area (Å²) < 4.78 is 0. The van der Waals surface area contributed by atoms with E-state index in [0.717, 1.165) is 51.4 Å². The third-order valence-corrected chi connectivity index (χ3v) is 5.71. The van der Waals surface area contributed by atoms with Gasteiger partial charge in [-0.15, -0.1) is 0 Å². The quantitative estimate of drug-likeness (QED) is 0.634. The molecular formula is C20H28N2O2. The summed E-state index contributed by atoms with van der Waals surface area (Å²) in [6.45, 7) is 0. The van der Waals surface area contributed by atoms with Crippen LogP contribution in [0.15, 0.2) is 12.1 Å². The van der Waals surface area contributed by atoms with Crippen LogP contribution in [-0.4, -0.2) is 11.6 Å². The van der Waals surface area contributed by atoms with Crippen LogP contribution in [0, 0.1) is 11.8 Å². The molecule has 0 aromatic heterocycles. The van der Waals surface area contributed by atoms with Crippen LogP contribution in [0.1, 0.15) is 84.9 Å². The van der Waals surface area contributed by atoms with Crippen molar-refractivity contribution in [2.45, 2.75) is 64.2 Å². The molecule has 1 aromatic carbocycles. The molecular weight excluding hydrogens is 300 g/mol. The van der Waals surface area contributed by atoms with Crippen LogP contribution in [-0.2, 0) is 0 Å². The number of nitrogen functional groups attached to an aromatic ring is 2. The minimum absolute atomic E-state index is 0.0132. The standard InChI is InChI=1S/C20H28N2O2/c21-15-11-12-16(22)18(20(24)14-9-5-2-6-10-14)17(15)19(23)13-7-3-1-4-8-13/h11-14H,1-10,21-22H2. The van der Waals surface area contributed by atoms with E-state index in [1.54, 1.807) is 12.1 Å². The molecule has 4 nitrogen and oxygen atoms in total. The van der Waals surface area contributed by atoms with Crippen molar-refractivity contribution in [1.29, 1.82) is 0 Å². The number of hydrogen-bond donors (Lipinski definition) is 2. The van der Waals surface area contributed by atoms with Crippen LogP contribution in [0.5, 0.6) is 0 Å². The molecule has 0 aliphatic heterocycles. The molecule has 0 atom stereocenters. The van der Waals surface area contributed by atoms with Gasteiger partial charge < -0.3 is 11.5 Å². The van der Waals surface area contributed by atoms with E-state index in [2.05, 4.69) is 0 Å². The topological polar surface area (TPSA) is 86.2 Å². The number of carbonyl (C=O) groups is 2. The zero-order valence-electron chi connectivity index (χ0n) is 14.4. The molecule has 0 spiro atoms. The number of ketones is 2. The predicted octanol–water partition coefficient (Wildman–Crippen LogP) is 4.38. The fraction of sp³-hybridized carbons (Fsp3) is 0.600. The van der Waals surface area contributed by atoms with E-state index in [4.69, 9.17) is 11.5 Å². The van der Waals surface area contributed by atoms with E-state index in [0.29, 0.717) is 22.5 Å². The summed E-state index contributed by atoms with van der Waals surface area (Å²) in [5, 5.41) is 0. The van der Waals surface area contributed by atoms with Crippen LogP contribution in [0.25, 0.3) is 0 Å². The third kappa shape index (κ3) is 3.33. The molecule has 0 radical (unpaired) electrons. The largest absolute Gasteiger partial charge is 0.398 e. The Bertz CT molecular complexity index is 572. The van der Waals surface area contributed by atoms with Gasteiger partial charge in [-0.05, 0) is 37.8 Å². The molecule has 0 unspecified atom stereocenters. The lowest BCUT2D eigenvalue weighted by Gasteiger charge is -2.25. The number of anilines is 2. The zero-order valence-corrected chi connectivity index (χ0v) is 14.4. The molecule has 2 fully saturated rings. The Morgan fingerprint density at radius 3 is 1.33 bits per heavy atom. The van der Waals surface area contributed by atoms with Crippen molar-refractivity contribution in [2.24, 2.45) is 11.8 Å². The van der Waals surface area contributed by atoms with Gasteiger partial charge in [-0.1, -0.05) is 38.5 Å². The zero-order chi connectivity index (χ0) is 17.1. The number of hydrogen-bond acceptors (Lipinski definition) is 4. The van der Waals surface area contributed by atoms with E-state index in [-0.39, 0.29) is 23.4 Å². The molecule has 2 aliphatic rings. The Kier molecular flexibility index (Phi) is 5.22. The van der Waals surface area contributed by atoms with Gasteiger partial charge in [-0.3, -0.25) is 9.59 Å². The van der Waals surface area contributed by atoms with Crippen LogP contribution >= 0.6 is 0 Å². The fourth-order valence-electron chi connectivity index (χ4n) is 4.30. The molecule has 0 amide bonds. The van der Waals surface area contributed by atoms with Gasteiger partial charge in [-0.25, -0.2) is 0 Å². The van der Waals surface area contributed by atoms with E-state index in [1.165, 1.54) is 12.8 Å². The summed E-state index contributed by atoms with van der Waals surface area (Å²) in [5.74, 6) is 0.0267. The summed E-state index contributed by atoms with van der Waals surface area (Å²) >= 11 is 0. The first kappa shape index (κ1) is 17.0. The van der Waals surface area contributed by atoms with Crippen LogP contribution in [0.3, 0.4) is 0 Å². The average molecular weight is 328 g/mol. The minimum Gasteiger partial charge on any atom is -0.398 e. The highest BCUT2D eigenvalue weighted by atomic mass is 16.1. The van der Waals surface area contributed by atoms with Crippen molar-refractivity contribution in [3.05, 3.63) is 23.3 Å². The van der Waals surface area contributed by atoms with Crippen LogP contribution in [0.4, 0.5) is 11.4 Å². The lowest BCUT2D eigenvalue weighted by Crippen LogP contribution is -2.26. The first-order chi connectivity index (χ1) is 11.6. The Labute approximate surface area is 144 Å². The summed E-state index contributed by atoms with van der Waals surface area (Å²) in [4.78, 5) is 26.2. The summed E-state index contributed by atoms with van der Waals surface area (Å²) in [6, 6.07) is 3.34. The van der Waals surface area contributed by atoms with Crippen molar-refractivity contribution in [3.63, 3.8) is 0 Å². The lowest BCUT2D eigenvalue weighted by atomic mass is 9.78. The number of carbonyl (C=O) groups excluding carboxylic acids is 2. The van der Waals surface area contributed by atoms with Gasteiger partial charge in [0.1, 0.15) is 0 Å². The number of benzene rings is 1. The maximum atomic E-state index is 13.1. The fourth-order valence-corrected chi connectivity index (χ4v) is 4.30. The first-order valence-corrected chi connectivity index (χ1v) is 9.36. The molecule has 0 heterocycles. The maximum absolute atomic E-state index is 13.1. The van der Waals surface area contributed by atoms with Crippen molar-refractivity contribution in [2.75, 3.05) is 11.5 Å². The summed E-state index contributed by atoms with van der Waals surface area (Å²) in [7, 11) is 0. The lowest BCUT2D eigenvalue weighted by molar-refractivity contribution is 0.0856. The molecule has 0 bridgehead atoms. The van der Waals surface area contributed by atoms with Crippen LogP contribution in [0.2, 0.25) is 0 Å². The molecule has 130 valence electrons. The van der Waals surface area contributed by atoms with Crippen molar-refractivity contribution < 1.29 is 9.59 Å². The molecule has 3 rings (SSSR count). The number of rotatable bonds is 4. The van der Waals surface area contributed by atoms with Gasteiger partial charge >= 0.3 is 0 Å². The molecule has 2 saturated carbocycles. The summed E-state index contributed by atoms with van der Waals surface area (Å²) in [6.07, 6.45) is 10.2. The highest BCUT2D eigenvalue weighted by molar-refractivity contribution is 6.16. The highest BCUT2D eigenvalue weighted by Gasteiger charge is 2.32. The van der Waals surface area contributed by atoms with Gasteiger partial charge in [0, 0.05) is 23.2 Å². The van der Waals surface area contributed by atoms with Crippen molar-refractivity contribution in [1.82, 2.24) is 0 Å². The molecule has 24 heavy (non-hydrogen) atoms. The monoisotopic (exact) mass is 328 g/mol. The second kappa shape index (κ2) is 7.37. The van der Waals surface area contributed by atoms with E-state index < -0.39 is 0 Å². The smallest absolute Gasteiger partial charge is 0.168 e. The Morgan fingerprint density at radius 1 is 0.667 bits per heavy atom. The molecule has 1 aromatic rings. The first-order valence-electron chi connectivity index (χ1n) is 9.36. The molecule has 4 heteroatoms. The molecule has 2 aliphatic carbocycles. The molecule has 0 saturated heterocycles. The Morgan fingerprint density at radius 2 is 1.00 bits per heavy atom. The summed E-state index contributed by atoms with van der Waals surface area (Å²) in [5.41, 5.74) is 13.9. The van der Waals surface area contributed by atoms with E-state index in [9.17, 15) is 9.59 Å². The number of nitrogens with two attached hydrogens (primary N) is 2. The highest BCUT2D eigenvalue weighted by Crippen LogP contribution is 2.35. The SMILES string of the molecule is Nc1ccc(N)c(C(=O)C2CCCCC2)c1C(=O)C1CCCCC1. The van der Waals surface area contributed by atoms with Gasteiger partial charge in [0.15, 0.2) is 11.6 Å². The van der Waals surface area contributed by atoms with Crippen LogP contribution < -0.4 is 11.5 Å². The second-order valence-corrected chi connectivity index (χ2v) is 7.39. The maximum Gasteiger partial charge on any atom is 0.168 e. The van der Waals surface area contributed by atoms with E-state index in [1.807, 2.05) is 0 Å². The van der Waals surface area contributed by atoms with Crippen molar-refractivity contribution >= 4 is 22.9 Å². The van der Waals surface area contributed by atoms with Gasteiger partial charge in [0.2, 0.25) is 0 Å². The van der Waals surface area contributed by atoms with Gasteiger partial charge in [0.05, 0.1) is 11.1 Å². The van der Waals surface area contributed by atoms with Crippen molar-refractivity contribution in [3.8, 4) is 0 Å². The van der Waals surface area contributed by atoms with Gasteiger partial charge in [0.25, 0.3) is 0 Å². The van der Waals surface area contributed by atoms with Gasteiger partial charge in [-0.2, -0.15) is 0 Å². The average Bonchev–Trinajstić information content (AvgIpc) is 2.63. The Hall–Kier alpha value is -1.84. The Balaban J connectivity index is 1.97. The predicted molar refractivity (Wildman–Crippen MR) is 97.1 cm³/mol. The minimum atomic E-state index is -0.0132. The third-order valence-electron chi connectivity index (χ3n) is 5.71. The second-order valence-electron chi connectivity index (χ2n) is 7.39. The molecule has 4 N–H and O–H groups in total. The van der Waals surface area contributed by atoms with E-state index >= 15 is 0 Å². The number of Topliss-reactive ketones (excluding diaryl/α,β-unsaturated/α-hetero) is 2. The normalized spacial score (nSPS) is 20.0.